The number of ether oxygens (including phenoxy) is 1. The molecule has 0 saturated carbocycles. The molecular formula is C19H29N3O4S. The molecule has 0 radical (unpaired) electrons. The zero-order valence-electron chi connectivity index (χ0n) is 15.8. The number of rotatable bonds is 6. The third-order valence-electron chi connectivity index (χ3n) is 5.16. The van der Waals surface area contributed by atoms with E-state index in [1.54, 1.807) is 24.3 Å². The van der Waals surface area contributed by atoms with E-state index in [1.165, 1.54) is 4.31 Å². The van der Waals surface area contributed by atoms with Gasteiger partial charge < -0.3 is 15.4 Å². The van der Waals surface area contributed by atoms with Gasteiger partial charge in [0.1, 0.15) is 0 Å². The fourth-order valence-electron chi connectivity index (χ4n) is 3.58. The van der Waals surface area contributed by atoms with E-state index in [0.29, 0.717) is 50.1 Å². The second-order valence-corrected chi connectivity index (χ2v) is 9.24. The van der Waals surface area contributed by atoms with E-state index >= 15 is 0 Å². The minimum atomic E-state index is -3.47. The number of nitrogens with zero attached hydrogens (tertiary/aromatic N) is 1. The molecule has 150 valence electrons. The number of amides is 1. The summed E-state index contributed by atoms with van der Waals surface area (Å²) in [7, 11) is -3.47. The molecule has 7 nitrogen and oxygen atoms in total. The van der Waals surface area contributed by atoms with Crippen LogP contribution in [0.2, 0.25) is 0 Å². The first-order valence-electron chi connectivity index (χ1n) is 9.65. The van der Waals surface area contributed by atoms with E-state index in [4.69, 9.17) is 4.74 Å². The predicted molar refractivity (Wildman–Crippen MR) is 103 cm³/mol. The van der Waals surface area contributed by atoms with Crippen molar-refractivity contribution in [3.8, 4) is 0 Å². The average molecular weight is 396 g/mol. The molecule has 27 heavy (non-hydrogen) atoms. The molecule has 2 unspecified atom stereocenters. The Balaban J connectivity index is 1.50. The number of hydrogen-bond donors (Lipinski definition) is 2. The molecule has 2 saturated heterocycles. The number of hydrogen-bond acceptors (Lipinski definition) is 5. The van der Waals surface area contributed by atoms with Gasteiger partial charge in [0.2, 0.25) is 15.9 Å². The molecule has 2 aliphatic rings. The van der Waals surface area contributed by atoms with Crippen molar-refractivity contribution in [2.24, 2.45) is 0 Å². The maximum Gasteiger partial charge on any atom is 0.243 e. The number of aryl methyl sites for hydroxylation is 1. The molecule has 1 aromatic rings. The van der Waals surface area contributed by atoms with E-state index in [2.05, 4.69) is 17.6 Å². The zero-order chi connectivity index (χ0) is 19.3. The van der Waals surface area contributed by atoms with Crippen LogP contribution in [0.4, 0.5) is 0 Å². The van der Waals surface area contributed by atoms with Crippen LogP contribution in [0.3, 0.4) is 0 Å². The Bertz CT molecular complexity index is 730. The molecule has 0 spiro atoms. The molecule has 2 fully saturated rings. The first kappa shape index (κ1) is 20.3. The van der Waals surface area contributed by atoms with Gasteiger partial charge in [0.05, 0.1) is 18.1 Å². The monoisotopic (exact) mass is 395 g/mol. The van der Waals surface area contributed by atoms with E-state index in [-0.39, 0.29) is 11.9 Å². The standard InChI is InChI=1S/C19H29N3O4S/c1-15-14-17(8-9-20-15)21-19(23)7-4-16-2-5-18(6-3-16)27(24,25)22-10-12-26-13-11-22/h2-3,5-6,15,17,20H,4,7-14H2,1H3,(H,21,23). The van der Waals surface area contributed by atoms with Crippen molar-refractivity contribution in [2.75, 3.05) is 32.8 Å². The molecule has 2 atom stereocenters. The van der Waals surface area contributed by atoms with Crippen LogP contribution >= 0.6 is 0 Å². The van der Waals surface area contributed by atoms with Crippen LogP contribution in [0.15, 0.2) is 29.2 Å². The fraction of sp³-hybridized carbons (Fsp3) is 0.632. The van der Waals surface area contributed by atoms with Crippen LogP contribution in [0, 0.1) is 0 Å². The Labute approximate surface area is 161 Å². The normalized spacial score (nSPS) is 24.5. The highest BCUT2D eigenvalue weighted by Crippen LogP contribution is 2.18. The summed E-state index contributed by atoms with van der Waals surface area (Å²) in [6, 6.07) is 7.54. The molecule has 8 heteroatoms. The van der Waals surface area contributed by atoms with Gasteiger partial charge in [-0.05, 0) is 50.4 Å². The van der Waals surface area contributed by atoms with Gasteiger partial charge >= 0.3 is 0 Å². The summed E-state index contributed by atoms with van der Waals surface area (Å²) in [5.74, 6) is 0.0547. The van der Waals surface area contributed by atoms with Gasteiger partial charge in [-0.15, -0.1) is 0 Å². The fourth-order valence-corrected chi connectivity index (χ4v) is 4.99. The minimum absolute atomic E-state index is 0.0547. The topological polar surface area (TPSA) is 87.7 Å². The Morgan fingerprint density at radius 1 is 1.26 bits per heavy atom. The Morgan fingerprint density at radius 2 is 1.96 bits per heavy atom. The number of carbonyl (C=O) groups is 1. The van der Waals surface area contributed by atoms with Gasteiger partial charge in [-0.3, -0.25) is 4.79 Å². The van der Waals surface area contributed by atoms with Gasteiger partial charge in [-0.1, -0.05) is 12.1 Å². The summed E-state index contributed by atoms with van der Waals surface area (Å²) >= 11 is 0. The highest BCUT2D eigenvalue weighted by Gasteiger charge is 2.26. The number of benzene rings is 1. The van der Waals surface area contributed by atoms with E-state index < -0.39 is 10.0 Å². The molecular weight excluding hydrogens is 366 g/mol. The number of carbonyl (C=O) groups excluding carboxylic acids is 1. The largest absolute Gasteiger partial charge is 0.379 e. The molecule has 1 amide bonds. The summed E-state index contributed by atoms with van der Waals surface area (Å²) < 4.78 is 31.9. The van der Waals surface area contributed by atoms with Crippen molar-refractivity contribution in [3.05, 3.63) is 29.8 Å². The minimum Gasteiger partial charge on any atom is -0.379 e. The van der Waals surface area contributed by atoms with E-state index in [1.807, 2.05) is 0 Å². The first-order valence-corrected chi connectivity index (χ1v) is 11.1. The number of nitrogens with one attached hydrogen (secondary N) is 2. The number of sulfonamides is 1. The Kier molecular flexibility index (Phi) is 6.86. The van der Waals surface area contributed by atoms with Crippen LogP contribution in [0.5, 0.6) is 0 Å². The Hall–Kier alpha value is -1.48. The average Bonchev–Trinajstić information content (AvgIpc) is 2.67. The van der Waals surface area contributed by atoms with Crippen LogP contribution in [-0.2, 0) is 26.0 Å². The maximum atomic E-state index is 12.6. The summed E-state index contributed by atoms with van der Waals surface area (Å²) in [5, 5.41) is 6.48. The van der Waals surface area contributed by atoms with Crippen molar-refractivity contribution >= 4 is 15.9 Å². The highest BCUT2D eigenvalue weighted by molar-refractivity contribution is 7.89. The van der Waals surface area contributed by atoms with Gasteiger partial charge in [0.15, 0.2) is 0 Å². The van der Waals surface area contributed by atoms with Crippen LogP contribution < -0.4 is 10.6 Å². The predicted octanol–water partition coefficient (Wildman–Crippen LogP) is 0.897. The lowest BCUT2D eigenvalue weighted by Crippen LogP contribution is -2.46. The summed E-state index contributed by atoms with van der Waals surface area (Å²) in [6.45, 7) is 4.71. The van der Waals surface area contributed by atoms with E-state index in [0.717, 1.165) is 24.9 Å². The number of piperidine rings is 1. The lowest BCUT2D eigenvalue weighted by Gasteiger charge is -2.28. The third-order valence-corrected chi connectivity index (χ3v) is 7.07. The second kappa shape index (κ2) is 9.14. The molecule has 0 aliphatic carbocycles. The molecule has 2 N–H and O–H groups in total. The smallest absolute Gasteiger partial charge is 0.243 e. The van der Waals surface area contributed by atoms with Gasteiger partial charge in [-0.25, -0.2) is 8.42 Å². The van der Waals surface area contributed by atoms with Crippen LogP contribution in [0.1, 0.15) is 31.7 Å². The summed E-state index contributed by atoms with van der Waals surface area (Å²) in [5.41, 5.74) is 0.963. The van der Waals surface area contributed by atoms with Crippen molar-refractivity contribution in [3.63, 3.8) is 0 Å². The lowest BCUT2D eigenvalue weighted by molar-refractivity contribution is -0.122. The first-order chi connectivity index (χ1) is 12.9. The number of morpholine rings is 1. The van der Waals surface area contributed by atoms with Crippen molar-refractivity contribution < 1.29 is 17.9 Å². The molecule has 2 aliphatic heterocycles. The van der Waals surface area contributed by atoms with Gasteiger partial charge in [0.25, 0.3) is 0 Å². The third kappa shape index (κ3) is 5.51. The van der Waals surface area contributed by atoms with Gasteiger partial charge in [0, 0.05) is 31.6 Å². The molecule has 0 aromatic heterocycles. The quantitative estimate of drug-likeness (QED) is 0.747. The molecule has 1 aromatic carbocycles. The van der Waals surface area contributed by atoms with Crippen LogP contribution in [0.25, 0.3) is 0 Å². The summed E-state index contributed by atoms with van der Waals surface area (Å²) in [6.07, 6.45) is 2.93. The second-order valence-electron chi connectivity index (χ2n) is 7.30. The SMILES string of the molecule is CC1CC(NC(=O)CCc2ccc(S(=O)(=O)N3CCOCC3)cc2)CCN1. The Morgan fingerprint density at radius 3 is 2.63 bits per heavy atom. The van der Waals surface area contributed by atoms with Gasteiger partial charge in [-0.2, -0.15) is 4.31 Å². The molecule has 0 bridgehead atoms. The van der Waals surface area contributed by atoms with Crippen LogP contribution in [-0.4, -0.2) is 63.6 Å². The summed E-state index contributed by atoms with van der Waals surface area (Å²) in [4.78, 5) is 12.5. The van der Waals surface area contributed by atoms with E-state index in [9.17, 15) is 13.2 Å². The molecule has 3 rings (SSSR count). The molecule has 2 heterocycles. The lowest BCUT2D eigenvalue weighted by atomic mass is 10.0. The zero-order valence-corrected chi connectivity index (χ0v) is 16.6. The maximum absolute atomic E-state index is 12.6. The van der Waals surface area contributed by atoms with Crippen molar-refractivity contribution in [1.82, 2.24) is 14.9 Å². The highest BCUT2D eigenvalue weighted by atomic mass is 32.2. The van der Waals surface area contributed by atoms with Crippen molar-refractivity contribution in [1.29, 1.82) is 0 Å². The van der Waals surface area contributed by atoms with Crippen molar-refractivity contribution in [2.45, 2.75) is 49.6 Å².